The van der Waals surface area contributed by atoms with E-state index in [1.807, 2.05) is 0 Å². The van der Waals surface area contributed by atoms with Crippen LogP contribution in [0.1, 0.15) is 12.0 Å². The Hall–Kier alpha value is -1.03. The second-order valence-electron chi connectivity index (χ2n) is 3.04. The molecule has 0 saturated carbocycles. The highest BCUT2D eigenvalue weighted by Gasteiger charge is 2.33. The van der Waals surface area contributed by atoms with E-state index in [1.54, 1.807) is 7.05 Å². The van der Waals surface area contributed by atoms with Crippen LogP contribution in [0, 0.1) is 5.82 Å². The molecule has 1 aromatic rings. The molecule has 0 fully saturated rings. The van der Waals surface area contributed by atoms with Gasteiger partial charge in [-0.05, 0) is 13.1 Å². The van der Waals surface area contributed by atoms with Crippen LogP contribution in [0.2, 0.25) is 0 Å². The summed E-state index contributed by atoms with van der Waals surface area (Å²) in [5.74, 6) is -3.96. The SMILES string of the molecule is CNCCC(F)(F)c1ccccc1F. The Morgan fingerprint density at radius 3 is 2.50 bits per heavy atom. The molecule has 4 heteroatoms. The van der Waals surface area contributed by atoms with Crippen LogP contribution >= 0.6 is 0 Å². The first-order chi connectivity index (χ1) is 6.58. The molecule has 0 spiro atoms. The number of hydrogen-bond donors (Lipinski definition) is 1. The van der Waals surface area contributed by atoms with Gasteiger partial charge in [-0.15, -0.1) is 0 Å². The molecule has 14 heavy (non-hydrogen) atoms. The maximum absolute atomic E-state index is 13.3. The molecule has 0 atom stereocenters. The minimum absolute atomic E-state index is 0.154. The Kier molecular flexibility index (Phi) is 3.52. The van der Waals surface area contributed by atoms with Gasteiger partial charge in [0.25, 0.3) is 5.92 Å². The zero-order valence-electron chi connectivity index (χ0n) is 7.86. The summed E-state index contributed by atoms with van der Waals surface area (Å²) in [5, 5.41) is 2.61. The summed E-state index contributed by atoms with van der Waals surface area (Å²) in [7, 11) is 1.58. The fraction of sp³-hybridized carbons (Fsp3) is 0.400. The van der Waals surface area contributed by atoms with Gasteiger partial charge in [0.15, 0.2) is 0 Å². The molecule has 0 aliphatic rings. The van der Waals surface area contributed by atoms with Crippen LogP contribution in [0.4, 0.5) is 13.2 Å². The molecule has 0 aliphatic heterocycles. The maximum Gasteiger partial charge on any atom is 0.277 e. The molecule has 1 aromatic carbocycles. The molecule has 0 radical (unpaired) electrons. The molecule has 78 valence electrons. The van der Waals surface area contributed by atoms with Gasteiger partial charge < -0.3 is 5.32 Å². The highest BCUT2D eigenvalue weighted by molar-refractivity contribution is 5.22. The van der Waals surface area contributed by atoms with E-state index in [1.165, 1.54) is 12.1 Å². The number of benzene rings is 1. The van der Waals surface area contributed by atoms with Crippen molar-refractivity contribution in [3.63, 3.8) is 0 Å². The first-order valence-corrected chi connectivity index (χ1v) is 4.35. The van der Waals surface area contributed by atoms with Crippen LogP contribution < -0.4 is 5.32 Å². The fourth-order valence-electron chi connectivity index (χ4n) is 1.17. The van der Waals surface area contributed by atoms with Gasteiger partial charge in [-0.25, -0.2) is 13.2 Å². The second-order valence-corrected chi connectivity index (χ2v) is 3.04. The van der Waals surface area contributed by atoms with Crippen molar-refractivity contribution in [2.24, 2.45) is 0 Å². The van der Waals surface area contributed by atoms with Gasteiger partial charge in [0.2, 0.25) is 0 Å². The lowest BCUT2D eigenvalue weighted by Gasteiger charge is -2.16. The number of halogens is 3. The quantitative estimate of drug-likeness (QED) is 0.792. The largest absolute Gasteiger partial charge is 0.320 e. The van der Waals surface area contributed by atoms with E-state index >= 15 is 0 Å². The molecule has 0 amide bonds. The van der Waals surface area contributed by atoms with E-state index < -0.39 is 23.7 Å². The molecule has 0 bridgehead atoms. The van der Waals surface area contributed by atoms with Crippen LogP contribution in [-0.2, 0) is 5.92 Å². The molecular formula is C10H12F3N. The minimum atomic E-state index is -3.10. The average molecular weight is 203 g/mol. The lowest BCUT2D eigenvalue weighted by atomic mass is 10.1. The first-order valence-electron chi connectivity index (χ1n) is 4.35. The van der Waals surface area contributed by atoms with Crippen LogP contribution in [0.25, 0.3) is 0 Å². The maximum atomic E-state index is 13.3. The molecular weight excluding hydrogens is 191 g/mol. The van der Waals surface area contributed by atoms with E-state index in [0.717, 1.165) is 12.1 Å². The Labute approximate surface area is 80.9 Å². The smallest absolute Gasteiger partial charge is 0.277 e. The van der Waals surface area contributed by atoms with Gasteiger partial charge in [0.05, 0.1) is 5.56 Å². The zero-order chi connectivity index (χ0) is 10.6. The lowest BCUT2D eigenvalue weighted by Crippen LogP contribution is -2.22. The molecule has 1 nitrogen and oxygen atoms in total. The standard InChI is InChI=1S/C10H12F3N/c1-14-7-6-10(12,13)8-4-2-3-5-9(8)11/h2-5,14H,6-7H2,1H3. The van der Waals surface area contributed by atoms with Crippen molar-refractivity contribution in [2.45, 2.75) is 12.3 Å². The Balaban J connectivity index is 2.86. The molecule has 0 aromatic heterocycles. The summed E-state index contributed by atoms with van der Waals surface area (Å²) in [6.45, 7) is 0.154. The zero-order valence-corrected chi connectivity index (χ0v) is 7.86. The highest BCUT2D eigenvalue weighted by Crippen LogP contribution is 2.32. The molecule has 0 heterocycles. The number of rotatable bonds is 4. The van der Waals surface area contributed by atoms with E-state index in [0.29, 0.717) is 0 Å². The molecule has 0 aliphatic carbocycles. The van der Waals surface area contributed by atoms with E-state index in [9.17, 15) is 13.2 Å². The van der Waals surface area contributed by atoms with Crippen LogP contribution in [-0.4, -0.2) is 13.6 Å². The third kappa shape index (κ3) is 2.48. The summed E-state index contributed by atoms with van der Waals surface area (Å²) in [6, 6.07) is 4.96. The molecule has 0 saturated heterocycles. The Bertz CT molecular complexity index is 299. The monoisotopic (exact) mass is 203 g/mol. The average Bonchev–Trinajstić information content (AvgIpc) is 2.15. The van der Waals surface area contributed by atoms with E-state index in [4.69, 9.17) is 0 Å². The fourth-order valence-corrected chi connectivity index (χ4v) is 1.17. The van der Waals surface area contributed by atoms with Gasteiger partial charge in [0, 0.05) is 13.0 Å². The van der Waals surface area contributed by atoms with Gasteiger partial charge in [-0.1, -0.05) is 18.2 Å². The molecule has 1 N–H and O–H groups in total. The van der Waals surface area contributed by atoms with Crippen molar-refractivity contribution in [3.05, 3.63) is 35.6 Å². The number of hydrogen-bond acceptors (Lipinski definition) is 1. The van der Waals surface area contributed by atoms with Crippen LogP contribution in [0.3, 0.4) is 0 Å². The summed E-state index contributed by atoms with van der Waals surface area (Å²) in [5.41, 5.74) is -0.532. The number of alkyl halides is 2. The van der Waals surface area contributed by atoms with Crippen molar-refractivity contribution < 1.29 is 13.2 Å². The summed E-state index contributed by atoms with van der Waals surface area (Å²) >= 11 is 0. The van der Waals surface area contributed by atoms with Crippen molar-refractivity contribution in [1.29, 1.82) is 0 Å². The van der Waals surface area contributed by atoms with E-state index in [2.05, 4.69) is 5.32 Å². The van der Waals surface area contributed by atoms with Crippen LogP contribution in [0.5, 0.6) is 0 Å². The Morgan fingerprint density at radius 1 is 1.29 bits per heavy atom. The summed E-state index contributed by atoms with van der Waals surface area (Å²) in [6.07, 6.45) is -0.398. The third-order valence-electron chi connectivity index (χ3n) is 1.96. The van der Waals surface area contributed by atoms with Crippen molar-refractivity contribution in [3.8, 4) is 0 Å². The van der Waals surface area contributed by atoms with Gasteiger partial charge in [-0.2, -0.15) is 0 Å². The van der Waals surface area contributed by atoms with Gasteiger partial charge in [0.1, 0.15) is 5.82 Å². The van der Waals surface area contributed by atoms with Crippen molar-refractivity contribution in [2.75, 3.05) is 13.6 Å². The topological polar surface area (TPSA) is 12.0 Å². The molecule has 1 rings (SSSR count). The normalized spacial score (nSPS) is 11.7. The lowest BCUT2D eigenvalue weighted by molar-refractivity contribution is -0.0157. The first kappa shape index (κ1) is 11.0. The predicted octanol–water partition coefficient (Wildman–Crippen LogP) is 2.53. The van der Waals surface area contributed by atoms with E-state index in [-0.39, 0.29) is 6.54 Å². The van der Waals surface area contributed by atoms with Gasteiger partial charge in [-0.3, -0.25) is 0 Å². The van der Waals surface area contributed by atoms with Crippen LogP contribution in [0.15, 0.2) is 24.3 Å². The second kappa shape index (κ2) is 4.46. The summed E-state index contributed by atoms with van der Waals surface area (Å²) < 4.78 is 39.7. The number of nitrogens with one attached hydrogen (secondary N) is 1. The highest BCUT2D eigenvalue weighted by atomic mass is 19.3. The van der Waals surface area contributed by atoms with Crippen molar-refractivity contribution in [1.82, 2.24) is 5.32 Å². The minimum Gasteiger partial charge on any atom is -0.320 e. The third-order valence-corrected chi connectivity index (χ3v) is 1.96. The Morgan fingerprint density at radius 2 is 1.93 bits per heavy atom. The summed E-state index contributed by atoms with van der Waals surface area (Å²) in [4.78, 5) is 0. The van der Waals surface area contributed by atoms with Crippen molar-refractivity contribution >= 4 is 0 Å². The predicted molar refractivity (Wildman–Crippen MR) is 48.8 cm³/mol. The van der Waals surface area contributed by atoms with Gasteiger partial charge >= 0.3 is 0 Å². The molecule has 0 unspecified atom stereocenters.